The number of hydrogen-bond acceptors (Lipinski definition) is 4. The fraction of sp³-hybridized carbons (Fsp3) is 0.0952. The number of carbonyl (C=O) groups is 1. The van der Waals surface area contributed by atoms with Crippen LogP contribution in [0.2, 0.25) is 0 Å². The number of para-hydroxylation sites is 1. The van der Waals surface area contributed by atoms with Crippen LogP contribution in [0.3, 0.4) is 0 Å². The van der Waals surface area contributed by atoms with Crippen molar-refractivity contribution in [1.82, 2.24) is 0 Å². The van der Waals surface area contributed by atoms with Gasteiger partial charge in [-0.3, -0.25) is 9.59 Å². The van der Waals surface area contributed by atoms with E-state index in [1.807, 2.05) is 49.4 Å². The lowest BCUT2D eigenvalue weighted by atomic mass is 10.1. The van der Waals surface area contributed by atoms with E-state index in [1.165, 1.54) is 11.3 Å². The molecule has 0 radical (unpaired) electrons. The van der Waals surface area contributed by atoms with Crippen molar-refractivity contribution in [3.8, 4) is 0 Å². The molecule has 0 aliphatic carbocycles. The Morgan fingerprint density at radius 3 is 2.69 bits per heavy atom. The number of aryl methyl sites for hydroxylation is 1. The summed E-state index contributed by atoms with van der Waals surface area (Å²) in [5.74, 6) is -0.1000. The van der Waals surface area contributed by atoms with Gasteiger partial charge in [0.05, 0.1) is 28.8 Å². The summed E-state index contributed by atoms with van der Waals surface area (Å²) >= 11 is 0. The molecule has 1 aliphatic rings. The van der Waals surface area contributed by atoms with Crippen molar-refractivity contribution in [3.05, 3.63) is 82.2 Å². The minimum Gasteiger partial charge on any atom is -0.463 e. The number of nitrogens with zero attached hydrogens (tertiary/aromatic N) is 2. The highest BCUT2D eigenvalue weighted by molar-refractivity contribution is 6.17. The molecule has 0 saturated carbocycles. The van der Waals surface area contributed by atoms with Gasteiger partial charge in [-0.15, -0.1) is 0 Å². The van der Waals surface area contributed by atoms with E-state index in [2.05, 4.69) is 5.10 Å². The van der Waals surface area contributed by atoms with E-state index in [-0.39, 0.29) is 17.8 Å². The number of fused-ring (bicyclic) bond motifs is 1. The Kier molecular flexibility index (Phi) is 3.97. The van der Waals surface area contributed by atoms with Crippen LogP contribution in [-0.4, -0.2) is 11.6 Å². The fourth-order valence-electron chi connectivity index (χ4n) is 2.87. The van der Waals surface area contributed by atoms with Crippen molar-refractivity contribution >= 4 is 34.4 Å². The van der Waals surface area contributed by atoms with Gasteiger partial charge in [0.2, 0.25) is 0 Å². The third-order valence-electron chi connectivity index (χ3n) is 4.21. The van der Waals surface area contributed by atoms with Crippen LogP contribution in [0.4, 0.5) is 5.69 Å². The smallest absolute Gasteiger partial charge is 0.253 e. The zero-order valence-electron chi connectivity index (χ0n) is 14.2. The minimum absolute atomic E-state index is 0.1000. The van der Waals surface area contributed by atoms with Gasteiger partial charge in [0.25, 0.3) is 5.91 Å². The summed E-state index contributed by atoms with van der Waals surface area (Å²) in [7, 11) is 0. The zero-order valence-corrected chi connectivity index (χ0v) is 14.2. The lowest BCUT2D eigenvalue weighted by molar-refractivity contribution is -0.116. The molecule has 0 bridgehead atoms. The van der Waals surface area contributed by atoms with Crippen molar-refractivity contribution in [2.24, 2.45) is 5.10 Å². The largest absolute Gasteiger partial charge is 0.463 e. The predicted octanol–water partition coefficient (Wildman–Crippen LogP) is 3.91. The predicted molar refractivity (Wildman–Crippen MR) is 102 cm³/mol. The van der Waals surface area contributed by atoms with Crippen LogP contribution in [0.5, 0.6) is 0 Å². The molecule has 1 amide bonds. The van der Waals surface area contributed by atoms with E-state index >= 15 is 0 Å². The molecule has 0 unspecified atom stereocenters. The molecular formula is C21H16N2O3. The molecular weight excluding hydrogens is 328 g/mol. The van der Waals surface area contributed by atoms with Gasteiger partial charge < -0.3 is 4.42 Å². The molecule has 2 aromatic carbocycles. The second-order valence-electron chi connectivity index (χ2n) is 6.16. The molecule has 128 valence electrons. The van der Waals surface area contributed by atoms with Gasteiger partial charge in [-0.2, -0.15) is 5.10 Å². The van der Waals surface area contributed by atoms with Gasteiger partial charge in [0, 0.05) is 0 Å². The molecule has 5 heteroatoms. The Labute approximate surface area is 149 Å². The van der Waals surface area contributed by atoms with Gasteiger partial charge in [-0.05, 0) is 43.3 Å². The van der Waals surface area contributed by atoms with Crippen LogP contribution in [-0.2, 0) is 4.79 Å². The lowest BCUT2D eigenvalue weighted by Crippen LogP contribution is -2.19. The normalized spacial score (nSPS) is 14.4. The molecule has 0 fully saturated rings. The van der Waals surface area contributed by atoms with Gasteiger partial charge in [-0.1, -0.05) is 29.8 Å². The summed E-state index contributed by atoms with van der Waals surface area (Å²) < 4.78 is 5.54. The van der Waals surface area contributed by atoms with E-state index < -0.39 is 0 Å². The summed E-state index contributed by atoms with van der Waals surface area (Å²) in [6, 6.07) is 14.8. The first-order valence-electron chi connectivity index (χ1n) is 8.27. The number of amides is 1. The highest BCUT2D eigenvalue weighted by atomic mass is 16.3. The molecule has 2 heterocycles. The maximum absolute atomic E-state index is 12.6. The maximum Gasteiger partial charge on any atom is 0.253 e. The summed E-state index contributed by atoms with van der Waals surface area (Å²) in [6.07, 6.45) is 4.97. The van der Waals surface area contributed by atoms with E-state index in [1.54, 1.807) is 18.2 Å². The number of anilines is 1. The highest BCUT2D eigenvalue weighted by Crippen LogP contribution is 2.20. The second-order valence-corrected chi connectivity index (χ2v) is 6.16. The van der Waals surface area contributed by atoms with Crippen molar-refractivity contribution < 1.29 is 9.21 Å². The minimum atomic E-state index is -0.101. The zero-order chi connectivity index (χ0) is 18.1. The van der Waals surface area contributed by atoms with Crippen molar-refractivity contribution in [3.63, 3.8) is 0 Å². The van der Waals surface area contributed by atoms with Gasteiger partial charge in [0.1, 0.15) is 11.8 Å². The fourth-order valence-corrected chi connectivity index (χ4v) is 2.87. The topological polar surface area (TPSA) is 62.9 Å². The number of benzene rings is 2. The van der Waals surface area contributed by atoms with Crippen LogP contribution in [0.15, 0.2) is 75.2 Å². The third-order valence-corrected chi connectivity index (χ3v) is 4.21. The first-order valence-corrected chi connectivity index (χ1v) is 8.27. The number of allylic oxidation sites excluding steroid dienone is 1. The first-order chi connectivity index (χ1) is 12.6. The average molecular weight is 344 g/mol. The summed E-state index contributed by atoms with van der Waals surface area (Å²) in [6.45, 7) is 1.93. The van der Waals surface area contributed by atoms with Gasteiger partial charge >= 0.3 is 0 Å². The lowest BCUT2D eigenvalue weighted by Gasteiger charge is -2.10. The molecule has 4 rings (SSSR count). The Hall–Kier alpha value is -3.47. The maximum atomic E-state index is 12.6. The molecule has 26 heavy (non-hydrogen) atoms. The standard InChI is InChI=1S/C21H16N2O3/c1-14-7-10-19-18(11-14)21(25)15(13-26-19)8-9-16-12-20(24)23(22-16)17-5-3-2-4-6-17/h2-11,13H,12H2,1H3/b9-8+. The van der Waals surface area contributed by atoms with Gasteiger partial charge in [0.15, 0.2) is 5.43 Å². The van der Waals surface area contributed by atoms with E-state index in [0.717, 1.165) is 11.3 Å². The highest BCUT2D eigenvalue weighted by Gasteiger charge is 2.23. The Morgan fingerprint density at radius 2 is 1.88 bits per heavy atom. The molecule has 0 spiro atoms. The Bertz CT molecular complexity index is 1110. The molecule has 3 aromatic rings. The Morgan fingerprint density at radius 1 is 1.08 bits per heavy atom. The van der Waals surface area contributed by atoms with Crippen LogP contribution >= 0.6 is 0 Å². The first kappa shape index (κ1) is 16.0. The average Bonchev–Trinajstić information content (AvgIpc) is 3.03. The summed E-state index contributed by atoms with van der Waals surface area (Å²) in [4.78, 5) is 24.8. The van der Waals surface area contributed by atoms with Gasteiger partial charge in [-0.25, -0.2) is 5.01 Å². The van der Waals surface area contributed by atoms with Crippen LogP contribution in [0.25, 0.3) is 17.0 Å². The molecule has 0 N–H and O–H groups in total. The number of carbonyl (C=O) groups excluding carboxylic acids is 1. The van der Waals surface area contributed by atoms with Crippen LogP contribution in [0.1, 0.15) is 17.5 Å². The van der Waals surface area contributed by atoms with Crippen molar-refractivity contribution in [2.75, 3.05) is 5.01 Å². The van der Waals surface area contributed by atoms with E-state index in [0.29, 0.717) is 22.2 Å². The number of rotatable bonds is 3. The third kappa shape index (κ3) is 2.95. The quantitative estimate of drug-likeness (QED) is 0.724. The van der Waals surface area contributed by atoms with E-state index in [9.17, 15) is 9.59 Å². The second kappa shape index (κ2) is 6.44. The molecule has 1 aromatic heterocycles. The summed E-state index contributed by atoms with van der Waals surface area (Å²) in [5.41, 5.74) is 3.20. The number of hydrazone groups is 1. The summed E-state index contributed by atoms with van der Waals surface area (Å²) in [5, 5.41) is 6.27. The van der Waals surface area contributed by atoms with Crippen LogP contribution < -0.4 is 10.4 Å². The van der Waals surface area contributed by atoms with Crippen LogP contribution in [0, 0.1) is 6.92 Å². The molecule has 0 saturated heterocycles. The van der Waals surface area contributed by atoms with E-state index in [4.69, 9.17) is 4.42 Å². The SMILES string of the molecule is Cc1ccc2occ(/C=C/C3=NN(c4ccccc4)C(=O)C3)c(=O)c2c1. The molecule has 1 aliphatic heterocycles. The van der Waals surface area contributed by atoms with Crippen molar-refractivity contribution in [2.45, 2.75) is 13.3 Å². The molecule has 0 atom stereocenters. The number of hydrogen-bond donors (Lipinski definition) is 0. The molecule has 5 nitrogen and oxygen atoms in total. The Balaban J connectivity index is 1.64. The van der Waals surface area contributed by atoms with Crippen molar-refractivity contribution in [1.29, 1.82) is 0 Å². The monoisotopic (exact) mass is 344 g/mol.